The molecule has 0 bridgehead atoms. The Kier molecular flexibility index (Phi) is 4.32. The van der Waals surface area contributed by atoms with Crippen molar-refractivity contribution in [2.45, 2.75) is 50.6 Å². The largest absolute Gasteiger partial charge is 0.341 e. The molecule has 5 nitrogen and oxygen atoms in total. The van der Waals surface area contributed by atoms with E-state index in [4.69, 9.17) is 15.0 Å². The molecule has 6 atom stereocenters. The third-order valence-electron chi connectivity index (χ3n) is 10.5. The van der Waals surface area contributed by atoms with Crippen LogP contribution in [0.2, 0.25) is 0 Å². The van der Waals surface area contributed by atoms with Crippen molar-refractivity contribution >= 4 is 33.3 Å². The monoisotopic (exact) mass is 521 g/mol. The van der Waals surface area contributed by atoms with E-state index >= 15 is 0 Å². The predicted octanol–water partition coefficient (Wildman–Crippen LogP) is 7.54. The van der Waals surface area contributed by atoms with Crippen LogP contribution in [-0.2, 0) is 6.42 Å². The number of hydrogen-bond acceptors (Lipinski definition) is 4. The molecule has 2 N–H and O–H groups in total. The topological polar surface area (TPSA) is 66.0 Å². The molecule has 3 saturated carbocycles. The molecule has 2 aliphatic heterocycles. The average molecular weight is 522 g/mol. The number of nitrogens with one attached hydrogen (secondary N) is 2. The second-order valence-corrected chi connectivity index (χ2v) is 13.1. The van der Waals surface area contributed by atoms with Crippen molar-refractivity contribution in [3.05, 3.63) is 78.1 Å². The lowest BCUT2D eigenvalue weighted by atomic mass is 9.93. The van der Waals surface area contributed by atoms with Crippen molar-refractivity contribution in [3.8, 4) is 22.4 Å². The molecule has 40 heavy (non-hydrogen) atoms. The van der Waals surface area contributed by atoms with Crippen molar-refractivity contribution in [2.75, 3.05) is 0 Å². The van der Waals surface area contributed by atoms with E-state index in [9.17, 15) is 0 Å². The van der Waals surface area contributed by atoms with Crippen LogP contribution in [0.25, 0.3) is 44.3 Å². The molecule has 5 aromatic rings. The summed E-state index contributed by atoms with van der Waals surface area (Å²) in [5.41, 5.74) is 11.8. The molecule has 0 radical (unpaired) electrons. The zero-order valence-electron chi connectivity index (χ0n) is 22.4. The summed E-state index contributed by atoms with van der Waals surface area (Å²) in [7, 11) is 0. The molecule has 5 aliphatic rings. The summed E-state index contributed by atoms with van der Waals surface area (Å²) in [6.07, 6.45) is 7.79. The van der Waals surface area contributed by atoms with Gasteiger partial charge in [-0.2, -0.15) is 0 Å². The van der Waals surface area contributed by atoms with Gasteiger partial charge < -0.3 is 10.3 Å². The van der Waals surface area contributed by atoms with Crippen molar-refractivity contribution in [1.82, 2.24) is 20.3 Å². The Morgan fingerprint density at radius 1 is 0.675 bits per heavy atom. The highest BCUT2D eigenvalue weighted by Crippen LogP contribution is 2.55. The first kappa shape index (κ1) is 21.9. The number of nitrogens with zero attached hydrogens (tertiary/aromatic N) is 3. The van der Waals surface area contributed by atoms with Crippen LogP contribution in [0.5, 0.6) is 0 Å². The molecule has 0 spiro atoms. The van der Waals surface area contributed by atoms with Gasteiger partial charge in [-0.1, -0.05) is 24.3 Å². The normalized spacial score (nSPS) is 29.4. The van der Waals surface area contributed by atoms with Crippen LogP contribution in [0.4, 0.5) is 5.69 Å². The van der Waals surface area contributed by atoms with E-state index in [0.717, 1.165) is 63.7 Å². The lowest BCUT2D eigenvalue weighted by molar-refractivity contribution is 0.544. The maximum absolute atomic E-state index is 5.05. The van der Waals surface area contributed by atoms with Crippen molar-refractivity contribution in [1.29, 1.82) is 0 Å². The molecule has 3 aliphatic carbocycles. The van der Waals surface area contributed by atoms with E-state index < -0.39 is 0 Å². The highest BCUT2D eigenvalue weighted by molar-refractivity contribution is 5.97. The Morgan fingerprint density at radius 2 is 1.52 bits per heavy atom. The highest BCUT2D eigenvalue weighted by Gasteiger charge is 2.48. The fourth-order valence-corrected chi connectivity index (χ4v) is 7.98. The number of aromatic nitrogens is 3. The number of piperidine rings is 1. The molecule has 10 rings (SSSR count). The van der Waals surface area contributed by atoms with E-state index in [1.165, 1.54) is 65.6 Å². The first-order valence-corrected chi connectivity index (χ1v) is 15.1. The van der Waals surface area contributed by atoms with Gasteiger partial charge in [0.25, 0.3) is 0 Å². The first-order chi connectivity index (χ1) is 19.7. The second kappa shape index (κ2) is 7.88. The molecule has 1 saturated heterocycles. The third-order valence-corrected chi connectivity index (χ3v) is 10.5. The van der Waals surface area contributed by atoms with E-state index in [2.05, 4.69) is 77.0 Å². The molecule has 3 aromatic carbocycles. The van der Waals surface area contributed by atoms with Crippen LogP contribution < -0.4 is 5.32 Å². The maximum Gasteiger partial charge on any atom is 0.124 e. The van der Waals surface area contributed by atoms with Crippen LogP contribution in [0, 0.1) is 23.7 Å². The van der Waals surface area contributed by atoms with Gasteiger partial charge in [-0.05, 0) is 115 Å². The first-order valence-electron chi connectivity index (χ1n) is 15.1. The summed E-state index contributed by atoms with van der Waals surface area (Å²) < 4.78 is 0. The maximum atomic E-state index is 5.05. The number of H-pyrrole nitrogens is 1. The number of aromatic amines is 1. The van der Waals surface area contributed by atoms with Gasteiger partial charge in [0.15, 0.2) is 0 Å². The SMILES string of the molecule is c1cc2c(cc1-c1ccc3nc(-c4ccc5nc([C@@H]6C[C@H]7C[C@H]7N6)[nH]c5c4)ccc3c1)CC(C1C[C@@H]3C[C@@H]3C1)=N2. The van der Waals surface area contributed by atoms with E-state index in [1.54, 1.807) is 0 Å². The highest BCUT2D eigenvalue weighted by atomic mass is 15.1. The van der Waals surface area contributed by atoms with Gasteiger partial charge in [-0.25, -0.2) is 9.97 Å². The lowest BCUT2D eigenvalue weighted by Crippen LogP contribution is -2.18. The Morgan fingerprint density at radius 3 is 2.42 bits per heavy atom. The summed E-state index contributed by atoms with van der Waals surface area (Å²) in [5.74, 6) is 4.66. The number of fused-ring (bicyclic) bond motifs is 5. The molecular weight excluding hydrogens is 490 g/mol. The Labute approximate surface area is 233 Å². The molecule has 0 amide bonds. The van der Waals surface area contributed by atoms with Crippen LogP contribution in [0.15, 0.2) is 71.7 Å². The third kappa shape index (κ3) is 3.46. The molecule has 1 unspecified atom stereocenters. The van der Waals surface area contributed by atoms with E-state index in [-0.39, 0.29) is 0 Å². The Balaban J connectivity index is 0.914. The fraction of sp³-hybridized carbons (Fsp3) is 0.343. The number of imidazole rings is 1. The van der Waals surface area contributed by atoms with Gasteiger partial charge in [0.05, 0.1) is 34.0 Å². The molecule has 2 aromatic heterocycles. The second-order valence-electron chi connectivity index (χ2n) is 13.1. The lowest BCUT2D eigenvalue weighted by Gasteiger charge is -2.11. The molecular formula is C35H31N5. The van der Waals surface area contributed by atoms with Crippen LogP contribution >= 0.6 is 0 Å². The number of pyridine rings is 1. The zero-order valence-corrected chi connectivity index (χ0v) is 22.4. The van der Waals surface area contributed by atoms with Crippen LogP contribution in [0.1, 0.15) is 49.5 Å². The van der Waals surface area contributed by atoms with Crippen LogP contribution in [0.3, 0.4) is 0 Å². The predicted molar refractivity (Wildman–Crippen MR) is 160 cm³/mol. The molecule has 5 heteroatoms. The minimum atomic E-state index is 0.366. The van der Waals surface area contributed by atoms with Gasteiger partial charge in [0.1, 0.15) is 5.82 Å². The quantitative estimate of drug-likeness (QED) is 0.257. The Bertz CT molecular complexity index is 1880. The Hall–Kier alpha value is -3.83. The average Bonchev–Trinajstić information content (AvgIpc) is 3.57. The number of benzene rings is 3. The summed E-state index contributed by atoms with van der Waals surface area (Å²) in [5, 5.41) is 4.87. The standard InChI is InChI=1S/C35H31N5/c1-5-27-20(9-18(1)19-2-6-29-25(10-19)15-31(37-29)24-12-22-11-23(22)13-24)3-7-28(36-27)21-4-8-30-33(14-21)40-35(39-30)34-17-26-16-32(26)38-34/h1-10,14,22-24,26,32,34,38H,11-13,15-17H2,(H,39,40)/t22-,23+,24?,26-,32-,34+/m1/s1. The van der Waals surface area contributed by atoms with Gasteiger partial charge >= 0.3 is 0 Å². The van der Waals surface area contributed by atoms with Gasteiger partial charge in [-0.3, -0.25) is 4.99 Å². The van der Waals surface area contributed by atoms with Gasteiger partial charge in [0, 0.05) is 29.1 Å². The van der Waals surface area contributed by atoms with Crippen molar-refractivity contribution < 1.29 is 0 Å². The van der Waals surface area contributed by atoms with Gasteiger partial charge in [0.2, 0.25) is 0 Å². The van der Waals surface area contributed by atoms with Crippen molar-refractivity contribution in [2.24, 2.45) is 28.7 Å². The number of hydrogen-bond donors (Lipinski definition) is 2. The number of rotatable bonds is 4. The van der Waals surface area contributed by atoms with Crippen LogP contribution in [-0.4, -0.2) is 26.7 Å². The van der Waals surface area contributed by atoms with Gasteiger partial charge in [-0.15, -0.1) is 0 Å². The summed E-state index contributed by atoms with van der Waals surface area (Å²) >= 11 is 0. The summed E-state index contributed by atoms with van der Waals surface area (Å²) in [4.78, 5) is 18.6. The minimum Gasteiger partial charge on any atom is -0.341 e. The van der Waals surface area contributed by atoms with Crippen molar-refractivity contribution in [3.63, 3.8) is 0 Å². The number of aliphatic imine (C=N–C) groups is 1. The minimum absolute atomic E-state index is 0.366. The molecule has 4 heterocycles. The molecule has 196 valence electrons. The van der Waals surface area contributed by atoms with E-state index in [1.807, 2.05) is 0 Å². The molecule has 4 fully saturated rings. The summed E-state index contributed by atoms with van der Waals surface area (Å²) in [6, 6.07) is 25.4. The smallest absolute Gasteiger partial charge is 0.124 e. The zero-order chi connectivity index (χ0) is 25.9. The van der Waals surface area contributed by atoms with E-state index in [0.29, 0.717) is 12.1 Å². The fourth-order valence-electron chi connectivity index (χ4n) is 7.98. The summed E-state index contributed by atoms with van der Waals surface area (Å²) in [6.45, 7) is 0.